The maximum absolute atomic E-state index is 8.92. The number of rotatable bonds is 2. The van der Waals surface area contributed by atoms with Gasteiger partial charge in [0, 0.05) is 0 Å². The largest absolute Gasteiger partial charge is 0.252 e. The van der Waals surface area contributed by atoms with E-state index in [0.717, 1.165) is 11.1 Å². The van der Waals surface area contributed by atoms with E-state index in [2.05, 4.69) is 17.7 Å². The van der Waals surface area contributed by atoms with Crippen LogP contribution in [0.3, 0.4) is 0 Å². The number of aromatic nitrogens is 1. The summed E-state index contributed by atoms with van der Waals surface area (Å²) in [5.41, 5.74) is 1.46. The van der Waals surface area contributed by atoms with Gasteiger partial charge in [-0.1, -0.05) is 14.6 Å². The quantitative estimate of drug-likeness (QED) is 0.670. The first-order valence-corrected chi connectivity index (χ1v) is 5.66. The van der Waals surface area contributed by atoms with Crippen LogP contribution in [0.5, 0.6) is 0 Å². The van der Waals surface area contributed by atoms with Gasteiger partial charge in [0.05, 0.1) is 22.6 Å². The number of nitriles is 1. The van der Waals surface area contributed by atoms with Crippen LogP contribution in [0.25, 0.3) is 0 Å². The third kappa shape index (κ3) is 2.26. The van der Waals surface area contributed by atoms with Gasteiger partial charge in [-0.3, -0.25) is 4.98 Å². The molecule has 0 aliphatic rings. The summed E-state index contributed by atoms with van der Waals surface area (Å²) in [4.78, 5) is 4.42. The van der Waals surface area contributed by atoms with Gasteiger partial charge in [0.25, 0.3) is 0 Å². The lowest BCUT2D eigenvalue weighted by Crippen LogP contribution is -2.19. The molecule has 0 saturated carbocycles. The Labute approximate surface area is 80.8 Å². The summed E-state index contributed by atoms with van der Waals surface area (Å²) in [7, 11) is 0.686. The third-order valence-corrected chi connectivity index (χ3v) is 2.72. The second kappa shape index (κ2) is 3.85. The average molecular weight is 192 g/mol. The highest BCUT2D eigenvalue weighted by Gasteiger charge is 2.21. The maximum atomic E-state index is 8.92. The first kappa shape index (κ1) is 10.2. The van der Waals surface area contributed by atoms with Gasteiger partial charge >= 0.3 is 0 Å². The summed E-state index contributed by atoms with van der Waals surface area (Å²) in [5.74, 6) is 0. The predicted molar refractivity (Wildman–Crippen MR) is 56.7 cm³/mol. The zero-order valence-electron chi connectivity index (χ0n) is 8.13. The topological polar surface area (TPSA) is 36.7 Å². The van der Waals surface area contributed by atoms with Crippen molar-refractivity contribution in [2.24, 2.45) is 0 Å². The van der Waals surface area contributed by atoms with Crippen molar-refractivity contribution < 1.29 is 0 Å². The van der Waals surface area contributed by atoms with Crippen LogP contribution in [0.4, 0.5) is 0 Å². The van der Waals surface area contributed by atoms with Crippen molar-refractivity contribution >= 4 is 14.0 Å². The second-order valence-corrected chi connectivity index (χ2v) is 4.41. The monoisotopic (exact) mass is 192 g/mol. The molecule has 0 aromatic carbocycles. The molecular formula is C10H13N2P. The van der Waals surface area contributed by atoms with Crippen LogP contribution in [0, 0.1) is 11.3 Å². The van der Waals surface area contributed by atoms with Crippen LogP contribution in [0.1, 0.15) is 19.5 Å². The third-order valence-electron chi connectivity index (χ3n) is 1.93. The van der Waals surface area contributed by atoms with Crippen molar-refractivity contribution in [1.82, 2.24) is 4.98 Å². The van der Waals surface area contributed by atoms with E-state index in [4.69, 9.17) is 5.26 Å². The molecule has 0 N–H and O–H groups in total. The molecule has 0 spiro atoms. The lowest BCUT2D eigenvalue weighted by molar-refractivity contribution is 0.662. The molecule has 0 bridgehead atoms. The van der Waals surface area contributed by atoms with Gasteiger partial charge in [-0.05, 0) is 32.6 Å². The molecule has 1 aromatic heterocycles. The Bertz CT molecular complexity index is 339. The zero-order valence-corrected chi connectivity index (χ0v) is 9.13. The molecule has 0 aliphatic heterocycles. The summed E-state index contributed by atoms with van der Waals surface area (Å²) < 4.78 is 0. The Hall–Kier alpha value is -0.930. The van der Waals surface area contributed by atoms with Gasteiger partial charge in [-0.25, -0.2) is 0 Å². The summed E-state index contributed by atoms with van der Waals surface area (Å²) in [6.45, 7) is 5.86. The van der Waals surface area contributed by atoms with E-state index >= 15 is 0 Å². The van der Waals surface area contributed by atoms with Gasteiger partial charge in [-0.15, -0.1) is 0 Å². The lowest BCUT2D eigenvalue weighted by Gasteiger charge is -2.14. The minimum Gasteiger partial charge on any atom is -0.252 e. The molecule has 0 aliphatic carbocycles. The fourth-order valence-corrected chi connectivity index (χ4v) is 1.47. The predicted octanol–water partition coefficient (Wildman–Crippen LogP) is 1.82. The van der Waals surface area contributed by atoms with E-state index < -0.39 is 5.41 Å². The van der Waals surface area contributed by atoms with E-state index in [-0.39, 0.29) is 0 Å². The van der Waals surface area contributed by atoms with Crippen LogP contribution in [0.15, 0.2) is 18.2 Å². The molecule has 1 aromatic rings. The highest BCUT2D eigenvalue weighted by atomic mass is 31.1. The Morgan fingerprint density at radius 3 is 2.69 bits per heavy atom. The van der Waals surface area contributed by atoms with Crippen molar-refractivity contribution in [1.29, 1.82) is 5.26 Å². The molecule has 0 amide bonds. The summed E-state index contributed by atoms with van der Waals surface area (Å²) in [6, 6.07) is 8.12. The van der Waals surface area contributed by atoms with Crippen molar-refractivity contribution in [3.8, 4) is 6.07 Å². The van der Waals surface area contributed by atoms with Crippen LogP contribution in [-0.2, 0) is 5.41 Å². The molecular weight excluding hydrogens is 179 g/mol. The molecule has 0 saturated heterocycles. The first-order valence-electron chi connectivity index (χ1n) is 4.16. The molecule has 68 valence electrons. The van der Waals surface area contributed by atoms with E-state index in [1.54, 1.807) is 0 Å². The summed E-state index contributed by atoms with van der Waals surface area (Å²) >= 11 is 0. The molecule has 3 heteroatoms. The fraction of sp³-hybridized carbons (Fsp3) is 0.400. The molecule has 1 unspecified atom stereocenters. The van der Waals surface area contributed by atoms with Gasteiger partial charge in [0.15, 0.2) is 0 Å². The minimum atomic E-state index is -0.477. The summed E-state index contributed by atoms with van der Waals surface area (Å²) in [5, 5.41) is 8.92. The molecule has 1 rings (SSSR count). The Morgan fingerprint density at radius 2 is 2.15 bits per heavy atom. The first-order chi connectivity index (χ1) is 6.10. The lowest BCUT2D eigenvalue weighted by atomic mass is 9.91. The van der Waals surface area contributed by atoms with E-state index in [1.807, 2.05) is 32.0 Å². The Kier molecular flexibility index (Phi) is 3.01. The zero-order chi connectivity index (χ0) is 9.90. The van der Waals surface area contributed by atoms with Crippen LogP contribution >= 0.6 is 8.58 Å². The highest BCUT2D eigenvalue weighted by Crippen LogP contribution is 2.19. The van der Waals surface area contributed by atoms with E-state index in [1.165, 1.54) is 0 Å². The molecule has 13 heavy (non-hydrogen) atoms. The number of nitrogens with zero attached hydrogens (tertiary/aromatic N) is 2. The van der Waals surface area contributed by atoms with Gasteiger partial charge in [-0.2, -0.15) is 5.26 Å². The molecule has 0 fully saturated rings. The number of hydrogen-bond acceptors (Lipinski definition) is 2. The minimum absolute atomic E-state index is 0.477. The maximum Gasteiger partial charge on any atom is 0.0937 e. The standard InChI is InChI=1S/C10H13N2P/c1-10(2,7-11)8-5-4-6-9(12-8)13-3/h4-6,13H,1-3H3. The van der Waals surface area contributed by atoms with Crippen LogP contribution in [0.2, 0.25) is 0 Å². The SMILES string of the molecule is CPc1cccc(C(C)(C)C#N)n1. The van der Waals surface area contributed by atoms with Gasteiger partial charge < -0.3 is 0 Å². The van der Waals surface area contributed by atoms with Crippen molar-refractivity contribution in [3.05, 3.63) is 23.9 Å². The van der Waals surface area contributed by atoms with Crippen molar-refractivity contribution in [2.75, 3.05) is 6.66 Å². The van der Waals surface area contributed by atoms with Crippen LogP contribution in [-0.4, -0.2) is 11.6 Å². The molecule has 2 nitrogen and oxygen atoms in total. The van der Waals surface area contributed by atoms with E-state index in [0.29, 0.717) is 8.58 Å². The Balaban J connectivity index is 3.10. The molecule has 0 radical (unpaired) electrons. The number of hydrogen-bond donors (Lipinski definition) is 0. The van der Waals surface area contributed by atoms with E-state index in [9.17, 15) is 0 Å². The highest BCUT2D eigenvalue weighted by molar-refractivity contribution is 7.45. The molecule has 1 atom stereocenters. The van der Waals surface area contributed by atoms with Crippen molar-refractivity contribution in [2.45, 2.75) is 19.3 Å². The van der Waals surface area contributed by atoms with Gasteiger partial charge in [0.2, 0.25) is 0 Å². The van der Waals surface area contributed by atoms with Crippen molar-refractivity contribution in [3.63, 3.8) is 0 Å². The second-order valence-electron chi connectivity index (χ2n) is 3.39. The summed E-state index contributed by atoms with van der Waals surface area (Å²) in [6.07, 6.45) is 0. The average Bonchev–Trinajstić information content (AvgIpc) is 2.18. The van der Waals surface area contributed by atoms with Crippen LogP contribution < -0.4 is 5.44 Å². The molecule has 1 heterocycles. The smallest absolute Gasteiger partial charge is 0.0937 e. The normalized spacial score (nSPS) is 11.8. The Morgan fingerprint density at radius 1 is 1.46 bits per heavy atom. The number of pyridine rings is 1. The fourth-order valence-electron chi connectivity index (χ4n) is 0.979. The van der Waals surface area contributed by atoms with Gasteiger partial charge in [0.1, 0.15) is 0 Å².